The van der Waals surface area contributed by atoms with E-state index in [2.05, 4.69) is 21.9 Å². The maximum absolute atomic E-state index is 14.6. The molecule has 1 aliphatic rings. The number of methoxy groups -OCH3 is 1. The average molecular weight is 579 g/mol. The number of aromatic nitrogens is 2. The first-order chi connectivity index (χ1) is 15.9. The van der Waals surface area contributed by atoms with E-state index in [9.17, 15) is 9.18 Å². The Morgan fingerprint density at radius 1 is 1.24 bits per heavy atom. The standard InChI is InChI=1S/C23H21Cl2FN4O3.Sr/c1-3-20(31)30-8-6-13(7-9-30)33-19-10-14-17(11-18(19)32-2)27-12-28-23(14)29-16-5-4-15(24)21(25)22(16)26;/h3-5,10-13H,1,6-9H2,2H3,(H,27,28,29);/q;+2. The molecule has 1 N–H and O–H groups in total. The van der Waals surface area contributed by atoms with E-state index in [1.165, 1.54) is 24.5 Å². The first-order valence-electron chi connectivity index (χ1n) is 10.2. The third-order valence-electron chi connectivity index (χ3n) is 5.43. The molecule has 0 radical (unpaired) electrons. The van der Waals surface area contributed by atoms with E-state index in [0.29, 0.717) is 54.2 Å². The summed E-state index contributed by atoms with van der Waals surface area (Å²) < 4.78 is 26.3. The third kappa shape index (κ3) is 5.78. The molecule has 0 saturated carbocycles. The normalized spacial score (nSPS) is 13.8. The molecular formula is C23H21Cl2FN4O3Sr+2. The number of benzene rings is 2. The number of carbonyl (C=O) groups is 1. The minimum Gasteiger partial charge on any atom is -0.493 e. The quantitative estimate of drug-likeness (QED) is 0.252. The van der Waals surface area contributed by atoms with Crippen LogP contribution in [0.5, 0.6) is 11.5 Å². The fraction of sp³-hybridized carbons (Fsp3) is 0.261. The molecule has 1 aromatic heterocycles. The van der Waals surface area contributed by atoms with Gasteiger partial charge in [0.2, 0.25) is 5.91 Å². The maximum Gasteiger partial charge on any atom is 2.00 e. The van der Waals surface area contributed by atoms with Crippen LogP contribution in [0.3, 0.4) is 0 Å². The third-order valence-corrected chi connectivity index (χ3v) is 6.21. The fourth-order valence-electron chi connectivity index (χ4n) is 3.67. The number of fused-ring (bicyclic) bond motifs is 1. The summed E-state index contributed by atoms with van der Waals surface area (Å²) in [5.74, 6) is 0.625. The monoisotopic (exact) mass is 578 g/mol. The van der Waals surface area contributed by atoms with Gasteiger partial charge < -0.3 is 19.7 Å². The van der Waals surface area contributed by atoms with Crippen molar-refractivity contribution in [3.05, 3.63) is 59.1 Å². The zero-order chi connectivity index (χ0) is 23.5. The zero-order valence-electron chi connectivity index (χ0n) is 18.5. The van der Waals surface area contributed by atoms with Crippen molar-refractivity contribution in [1.29, 1.82) is 0 Å². The van der Waals surface area contributed by atoms with Crippen molar-refractivity contribution >= 4 is 97.0 Å². The van der Waals surface area contributed by atoms with E-state index in [1.54, 1.807) is 24.1 Å². The van der Waals surface area contributed by atoms with Gasteiger partial charge in [-0.25, -0.2) is 14.4 Å². The molecule has 0 aliphatic carbocycles. The minimum atomic E-state index is -0.679. The van der Waals surface area contributed by atoms with Gasteiger partial charge in [-0.1, -0.05) is 29.8 Å². The van der Waals surface area contributed by atoms with Gasteiger partial charge in [0.25, 0.3) is 0 Å². The number of halogens is 3. The summed E-state index contributed by atoms with van der Waals surface area (Å²) in [6, 6.07) is 6.47. The SMILES string of the molecule is C=CC(=O)N1CCC(Oc2cc3c(Nc4ccc(Cl)c(Cl)c4F)ncnc3cc2OC)CC1.[Sr+2]. The van der Waals surface area contributed by atoms with Gasteiger partial charge in [0.1, 0.15) is 18.2 Å². The summed E-state index contributed by atoms with van der Waals surface area (Å²) in [6.45, 7) is 4.70. The van der Waals surface area contributed by atoms with E-state index in [1.807, 2.05) is 0 Å². The molecule has 1 fully saturated rings. The Kier molecular flexibility index (Phi) is 9.42. The minimum absolute atomic E-state index is 0. The van der Waals surface area contributed by atoms with Gasteiger partial charge in [0.15, 0.2) is 17.3 Å². The smallest absolute Gasteiger partial charge is 0.493 e. The number of ether oxygens (including phenoxy) is 2. The second-order valence-corrected chi connectivity index (χ2v) is 8.22. The van der Waals surface area contributed by atoms with Crippen molar-refractivity contribution in [2.45, 2.75) is 18.9 Å². The number of carbonyl (C=O) groups excluding carboxylic acids is 1. The van der Waals surface area contributed by atoms with Crippen molar-refractivity contribution in [2.24, 2.45) is 0 Å². The second-order valence-electron chi connectivity index (χ2n) is 7.44. The largest absolute Gasteiger partial charge is 2.00 e. The first-order valence-corrected chi connectivity index (χ1v) is 11.0. The summed E-state index contributed by atoms with van der Waals surface area (Å²) >= 11 is 11.8. The Morgan fingerprint density at radius 3 is 2.65 bits per heavy atom. The Hall–Kier alpha value is -1.62. The molecule has 172 valence electrons. The van der Waals surface area contributed by atoms with Gasteiger partial charge in [-0.3, -0.25) is 4.79 Å². The Morgan fingerprint density at radius 2 is 1.97 bits per heavy atom. The molecule has 7 nitrogen and oxygen atoms in total. The van der Waals surface area contributed by atoms with Gasteiger partial charge in [0.05, 0.1) is 28.4 Å². The van der Waals surface area contributed by atoms with E-state index in [4.69, 9.17) is 32.7 Å². The van der Waals surface area contributed by atoms with Crippen LogP contribution in [0.2, 0.25) is 10.0 Å². The summed E-state index contributed by atoms with van der Waals surface area (Å²) in [5.41, 5.74) is 0.713. The molecule has 2 aromatic carbocycles. The number of rotatable bonds is 6. The van der Waals surface area contributed by atoms with E-state index < -0.39 is 5.82 Å². The van der Waals surface area contributed by atoms with Crippen LogP contribution in [0.4, 0.5) is 15.9 Å². The predicted molar refractivity (Wildman–Crippen MR) is 132 cm³/mol. The fourth-order valence-corrected chi connectivity index (χ4v) is 3.98. The Labute approximate surface area is 243 Å². The van der Waals surface area contributed by atoms with Crippen molar-refractivity contribution in [3.8, 4) is 11.5 Å². The molecule has 0 atom stereocenters. The number of hydrogen-bond donors (Lipinski definition) is 1. The van der Waals surface area contributed by atoms with Crippen LogP contribution in [0.15, 0.2) is 43.2 Å². The molecule has 1 aliphatic heterocycles. The number of piperidine rings is 1. The molecule has 4 rings (SSSR count). The molecule has 11 heteroatoms. The van der Waals surface area contributed by atoms with Gasteiger partial charge >= 0.3 is 45.5 Å². The summed E-state index contributed by atoms with van der Waals surface area (Å²) in [6.07, 6.45) is 3.93. The molecular weight excluding hydrogens is 558 g/mol. The van der Waals surface area contributed by atoms with Gasteiger partial charge in [-0.15, -0.1) is 0 Å². The topological polar surface area (TPSA) is 76.6 Å². The number of nitrogens with one attached hydrogen (secondary N) is 1. The Balaban J connectivity index is 0.00000324. The molecule has 34 heavy (non-hydrogen) atoms. The van der Waals surface area contributed by atoms with Gasteiger partial charge in [0, 0.05) is 37.4 Å². The number of amides is 1. The van der Waals surface area contributed by atoms with Crippen LogP contribution in [-0.4, -0.2) is 92.6 Å². The number of hydrogen-bond acceptors (Lipinski definition) is 6. The van der Waals surface area contributed by atoms with Gasteiger partial charge in [-0.2, -0.15) is 0 Å². The molecule has 0 unspecified atom stereocenters. The summed E-state index contributed by atoms with van der Waals surface area (Å²) in [7, 11) is 1.55. The van der Waals surface area contributed by atoms with Crippen molar-refractivity contribution in [2.75, 3.05) is 25.5 Å². The number of nitrogens with zero attached hydrogens (tertiary/aromatic N) is 3. The van der Waals surface area contributed by atoms with E-state index in [0.717, 1.165) is 0 Å². The molecule has 0 spiro atoms. The van der Waals surface area contributed by atoms with Crippen LogP contribution in [0.25, 0.3) is 10.9 Å². The van der Waals surface area contributed by atoms with Crippen LogP contribution in [0, 0.1) is 5.82 Å². The number of anilines is 2. The summed E-state index contributed by atoms with van der Waals surface area (Å²) in [4.78, 5) is 22.1. The molecule has 3 aromatic rings. The van der Waals surface area contributed by atoms with Crippen LogP contribution >= 0.6 is 23.2 Å². The van der Waals surface area contributed by atoms with Gasteiger partial charge in [-0.05, 0) is 24.3 Å². The Bertz CT molecular complexity index is 1220. The predicted octanol–water partition coefficient (Wildman–Crippen LogP) is 5.00. The van der Waals surface area contributed by atoms with Crippen molar-refractivity contribution < 1.29 is 18.7 Å². The average Bonchev–Trinajstić information content (AvgIpc) is 2.84. The zero-order valence-corrected chi connectivity index (χ0v) is 23.5. The van der Waals surface area contributed by atoms with Crippen LogP contribution < -0.4 is 14.8 Å². The van der Waals surface area contributed by atoms with Crippen molar-refractivity contribution in [1.82, 2.24) is 14.9 Å². The van der Waals surface area contributed by atoms with Crippen molar-refractivity contribution in [3.63, 3.8) is 0 Å². The van der Waals surface area contributed by atoms with Crippen LogP contribution in [-0.2, 0) is 4.79 Å². The van der Waals surface area contributed by atoms with E-state index in [-0.39, 0.29) is 73.2 Å². The first kappa shape index (κ1) is 27.0. The number of likely N-dealkylation sites (tertiary alicyclic amines) is 1. The van der Waals surface area contributed by atoms with E-state index >= 15 is 0 Å². The molecule has 1 saturated heterocycles. The molecule has 2 heterocycles. The van der Waals surface area contributed by atoms with Crippen LogP contribution in [0.1, 0.15) is 12.8 Å². The summed E-state index contributed by atoms with van der Waals surface area (Å²) in [5, 5.41) is 3.51. The second kappa shape index (κ2) is 11.9. The molecule has 1 amide bonds. The molecule has 0 bridgehead atoms. The maximum atomic E-state index is 14.6.